The van der Waals surface area contributed by atoms with Gasteiger partial charge in [0.05, 0.1) is 0 Å². The molecule has 2 rings (SSSR count). The monoisotopic (exact) mass is 386 g/mol. The number of hydrogen-bond acceptors (Lipinski definition) is 13. The van der Waals surface area contributed by atoms with Gasteiger partial charge in [0.1, 0.15) is 62.0 Å². The quantitative estimate of drug-likeness (QED) is 0.212. The summed E-state index contributed by atoms with van der Waals surface area (Å²) < 4.78 is 18.8. The maximum atomic E-state index is 11.5. The summed E-state index contributed by atoms with van der Waals surface area (Å²) in [4.78, 5) is 11.5. The summed E-state index contributed by atoms with van der Waals surface area (Å²) in [5.41, 5.74) is 0. The molecule has 2 saturated heterocycles. The highest BCUT2D eigenvalue weighted by Crippen LogP contribution is 2.21. The lowest BCUT2D eigenvalue weighted by atomic mass is 9.99. The van der Waals surface area contributed by atoms with E-state index in [9.17, 15) is 45.6 Å². The SMILES string of the molecule is O=C(OC[C@H]1OC(O)[C@H](O)[C@@H](O)[C@@H]1O)OC[C@H]1OC(O)[C@H](O)[C@@H](O)[C@@H]1O. The van der Waals surface area contributed by atoms with Crippen molar-refractivity contribution in [2.45, 2.75) is 61.4 Å². The van der Waals surface area contributed by atoms with E-state index in [-0.39, 0.29) is 0 Å². The van der Waals surface area contributed by atoms with Crippen molar-refractivity contribution in [1.29, 1.82) is 0 Å². The largest absolute Gasteiger partial charge is 0.508 e. The van der Waals surface area contributed by atoms with Crippen LogP contribution < -0.4 is 0 Å². The number of aliphatic hydroxyl groups is 8. The van der Waals surface area contributed by atoms with Crippen molar-refractivity contribution >= 4 is 6.16 Å². The Kier molecular flexibility index (Phi) is 7.09. The highest BCUT2D eigenvalue weighted by Gasteiger charge is 2.45. The molecule has 0 amide bonds. The summed E-state index contributed by atoms with van der Waals surface area (Å²) in [6.07, 6.45) is -17.8. The predicted octanol–water partition coefficient (Wildman–Crippen LogP) is -5.26. The molecule has 2 aliphatic rings. The zero-order valence-electron chi connectivity index (χ0n) is 13.3. The van der Waals surface area contributed by atoms with Crippen LogP contribution in [-0.2, 0) is 18.9 Å². The van der Waals surface area contributed by atoms with Crippen molar-refractivity contribution in [1.82, 2.24) is 0 Å². The molecule has 0 radical (unpaired) electrons. The van der Waals surface area contributed by atoms with Gasteiger partial charge in [0.2, 0.25) is 0 Å². The first-order chi connectivity index (χ1) is 12.1. The Morgan fingerprint density at radius 3 is 1.31 bits per heavy atom. The van der Waals surface area contributed by atoms with Gasteiger partial charge in [-0.3, -0.25) is 0 Å². The van der Waals surface area contributed by atoms with Crippen LogP contribution >= 0.6 is 0 Å². The lowest BCUT2D eigenvalue weighted by Crippen LogP contribution is -2.59. The molecule has 10 atom stereocenters. The lowest BCUT2D eigenvalue weighted by molar-refractivity contribution is -0.290. The molecule has 152 valence electrons. The number of ether oxygens (including phenoxy) is 4. The summed E-state index contributed by atoms with van der Waals surface area (Å²) in [6.45, 7) is -1.28. The second-order valence-corrected chi connectivity index (χ2v) is 5.95. The van der Waals surface area contributed by atoms with Crippen LogP contribution in [0.5, 0.6) is 0 Å². The van der Waals surface area contributed by atoms with Crippen LogP contribution in [0.4, 0.5) is 4.79 Å². The molecular formula is C13H22O13. The fraction of sp³-hybridized carbons (Fsp3) is 0.923. The van der Waals surface area contributed by atoms with Gasteiger partial charge in [-0.2, -0.15) is 0 Å². The average molecular weight is 386 g/mol. The third kappa shape index (κ3) is 4.58. The third-order valence-corrected chi connectivity index (χ3v) is 4.11. The summed E-state index contributed by atoms with van der Waals surface area (Å²) >= 11 is 0. The molecule has 0 aliphatic carbocycles. The van der Waals surface area contributed by atoms with Gasteiger partial charge in [0.25, 0.3) is 0 Å². The highest BCUT2D eigenvalue weighted by atomic mass is 16.7. The molecule has 0 bridgehead atoms. The second kappa shape index (κ2) is 8.71. The molecule has 0 saturated carbocycles. The Morgan fingerprint density at radius 1 is 0.615 bits per heavy atom. The van der Waals surface area contributed by atoms with E-state index in [0.717, 1.165) is 0 Å². The fourth-order valence-electron chi connectivity index (χ4n) is 2.48. The molecule has 0 spiro atoms. The van der Waals surface area contributed by atoms with Crippen molar-refractivity contribution in [3.63, 3.8) is 0 Å². The molecule has 0 aromatic carbocycles. The maximum Gasteiger partial charge on any atom is 0.508 e. The number of aliphatic hydroxyl groups excluding tert-OH is 8. The molecule has 0 aromatic heterocycles. The standard InChI is InChI=1S/C13H22O13/c14-5-3(25-11(20)9(18)7(5)16)1-23-13(22)24-2-4-6(15)8(17)10(19)12(21)26-4/h3-12,14-21H,1-2H2/t3-,4-,5-,6-,7+,8+,9-,10-,11?,12?/m1/s1. The van der Waals surface area contributed by atoms with Gasteiger partial charge in [0.15, 0.2) is 12.6 Å². The van der Waals surface area contributed by atoms with Crippen molar-refractivity contribution in [2.24, 2.45) is 0 Å². The number of hydrogen-bond donors (Lipinski definition) is 8. The van der Waals surface area contributed by atoms with E-state index in [2.05, 4.69) is 9.47 Å². The first kappa shape index (κ1) is 21.2. The molecule has 2 heterocycles. The molecule has 26 heavy (non-hydrogen) atoms. The van der Waals surface area contributed by atoms with Crippen molar-refractivity contribution in [2.75, 3.05) is 13.2 Å². The molecule has 8 N–H and O–H groups in total. The van der Waals surface area contributed by atoms with Gasteiger partial charge in [-0.15, -0.1) is 0 Å². The van der Waals surface area contributed by atoms with Crippen LogP contribution in [0.25, 0.3) is 0 Å². The van der Waals surface area contributed by atoms with Gasteiger partial charge < -0.3 is 59.8 Å². The van der Waals surface area contributed by atoms with Crippen LogP contribution in [0.3, 0.4) is 0 Å². The van der Waals surface area contributed by atoms with Crippen molar-refractivity contribution in [3.05, 3.63) is 0 Å². The Morgan fingerprint density at radius 2 is 0.962 bits per heavy atom. The Hall–Kier alpha value is -1.13. The van der Waals surface area contributed by atoms with Crippen LogP contribution in [0.1, 0.15) is 0 Å². The average Bonchev–Trinajstić information content (AvgIpc) is 2.61. The second-order valence-electron chi connectivity index (χ2n) is 5.95. The molecule has 0 aromatic rings. The van der Waals surface area contributed by atoms with E-state index >= 15 is 0 Å². The minimum Gasteiger partial charge on any atom is -0.431 e. The molecule has 13 heteroatoms. The Bertz CT molecular complexity index is 435. The third-order valence-electron chi connectivity index (χ3n) is 4.11. The first-order valence-corrected chi connectivity index (χ1v) is 7.68. The van der Waals surface area contributed by atoms with Crippen molar-refractivity contribution < 1.29 is 64.6 Å². The van der Waals surface area contributed by atoms with Crippen LogP contribution in [-0.4, -0.2) is 122 Å². The number of rotatable bonds is 4. The zero-order chi connectivity index (χ0) is 19.6. The fourth-order valence-corrected chi connectivity index (χ4v) is 2.48. The van der Waals surface area contributed by atoms with E-state index in [0.29, 0.717) is 0 Å². The normalized spacial score (nSPS) is 46.6. The summed E-state index contributed by atoms with van der Waals surface area (Å²) in [5, 5.41) is 75.7. The number of carbonyl (C=O) groups excluding carboxylic acids is 1. The van der Waals surface area contributed by atoms with Crippen LogP contribution in [0.2, 0.25) is 0 Å². The minimum absolute atomic E-state index is 0.640. The van der Waals surface area contributed by atoms with Crippen LogP contribution in [0, 0.1) is 0 Å². The zero-order valence-corrected chi connectivity index (χ0v) is 13.3. The molecular weight excluding hydrogens is 364 g/mol. The smallest absolute Gasteiger partial charge is 0.431 e. The topological polar surface area (TPSA) is 216 Å². The Balaban J connectivity index is 1.77. The summed E-state index contributed by atoms with van der Waals surface area (Å²) in [7, 11) is 0. The lowest BCUT2D eigenvalue weighted by Gasteiger charge is -2.38. The van der Waals surface area contributed by atoms with Gasteiger partial charge >= 0.3 is 6.16 Å². The molecule has 2 aliphatic heterocycles. The highest BCUT2D eigenvalue weighted by molar-refractivity contribution is 5.59. The predicted molar refractivity (Wildman–Crippen MR) is 75.1 cm³/mol. The van der Waals surface area contributed by atoms with Gasteiger partial charge in [0, 0.05) is 0 Å². The molecule has 2 fully saturated rings. The van der Waals surface area contributed by atoms with E-state index in [4.69, 9.17) is 9.47 Å². The van der Waals surface area contributed by atoms with E-state index in [1.165, 1.54) is 0 Å². The number of carbonyl (C=O) groups is 1. The van der Waals surface area contributed by atoms with Gasteiger partial charge in [-0.1, -0.05) is 0 Å². The summed E-state index contributed by atoms with van der Waals surface area (Å²) in [5.74, 6) is 0. The van der Waals surface area contributed by atoms with E-state index < -0.39 is 80.8 Å². The molecule has 13 nitrogen and oxygen atoms in total. The molecule has 2 unspecified atom stereocenters. The Labute approximate surface area is 146 Å². The van der Waals surface area contributed by atoms with E-state index in [1.54, 1.807) is 0 Å². The minimum atomic E-state index is -1.79. The van der Waals surface area contributed by atoms with E-state index in [1.807, 2.05) is 0 Å². The van der Waals surface area contributed by atoms with Crippen LogP contribution in [0.15, 0.2) is 0 Å². The van der Waals surface area contributed by atoms with Gasteiger partial charge in [-0.25, -0.2) is 4.79 Å². The maximum absolute atomic E-state index is 11.5. The van der Waals surface area contributed by atoms with Gasteiger partial charge in [-0.05, 0) is 0 Å². The van der Waals surface area contributed by atoms with Crippen molar-refractivity contribution in [3.8, 4) is 0 Å². The first-order valence-electron chi connectivity index (χ1n) is 7.68. The summed E-state index contributed by atoms with van der Waals surface area (Å²) in [6, 6.07) is 0.